The van der Waals surface area contributed by atoms with Crippen molar-refractivity contribution in [2.24, 2.45) is 11.3 Å². The lowest BCUT2D eigenvalue weighted by atomic mass is 9.74. The molecule has 2 unspecified atom stereocenters. The van der Waals surface area contributed by atoms with Gasteiger partial charge >= 0.3 is 6.18 Å². The van der Waals surface area contributed by atoms with E-state index < -0.39 is 27.3 Å². The number of piperidine rings is 1. The Morgan fingerprint density at radius 3 is 2.71 bits per heavy atom. The monoisotopic (exact) mass is 497 g/mol. The molecular formula is C22H26F3N5O3S. The maximum absolute atomic E-state index is 13.5. The van der Waals surface area contributed by atoms with Crippen LogP contribution in [0.1, 0.15) is 24.5 Å². The van der Waals surface area contributed by atoms with Crippen molar-refractivity contribution in [2.45, 2.75) is 31.0 Å². The molecule has 0 amide bonds. The average Bonchev–Trinajstić information content (AvgIpc) is 3.43. The van der Waals surface area contributed by atoms with Crippen molar-refractivity contribution in [2.75, 3.05) is 44.8 Å². The van der Waals surface area contributed by atoms with Crippen molar-refractivity contribution in [1.82, 2.24) is 14.1 Å². The number of hydrogen-bond acceptors (Lipinski definition) is 6. The Balaban J connectivity index is 1.62. The lowest BCUT2D eigenvalue weighted by Gasteiger charge is -2.42. The summed E-state index contributed by atoms with van der Waals surface area (Å²) < 4.78 is 75.4. The summed E-state index contributed by atoms with van der Waals surface area (Å²) in [6, 6.07) is 5.31. The minimum absolute atomic E-state index is 0.130. The highest BCUT2D eigenvalue weighted by Gasteiger charge is 2.51. The molecule has 0 bridgehead atoms. The van der Waals surface area contributed by atoms with Gasteiger partial charge in [0.1, 0.15) is 4.90 Å². The van der Waals surface area contributed by atoms with E-state index in [2.05, 4.69) is 5.10 Å². The van der Waals surface area contributed by atoms with E-state index in [4.69, 9.17) is 10.00 Å². The van der Waals surface area contributed by atoms with E-state index in [0.29, 0.717) is 38.3 Å². The molecule has 8 nitrogen and oxygen atoms in total. The van der Waals surface area contributed by atoms with Crippen LogP contribution in [0.4, 0.5) is 18.9 Å². The Morgan fingerprint density at radius 2 is 2.09 bits per heavy atom. The van der Waals surface area contributed by atoms with Crippen LogP contribution in [0.25, 0.3) is 0 Å². The van der Waals surface area contributed by atoms with Crippen LogP contribution < -0.4 is 4.90 Å². The normalized spacial score (nSPS) is 23.6. The second-order valence-electron chi connectivity index (χ2n) is 8.86. The summed E-state index contributed by atoms with van der Waals surface area (Å²) in [6.07, 6.45) is -1.29. The van der Waals surface area contributed by atoms with Crippen LogP contribution in [0.2, 0.25) is 0 Å². The largest absolute Gasteiger partial charge is 0.417 e. The zero-order valence-corrected chi connectivity index (χ0v) is 19.7. The Labute approximate surface area is 196 Å². The molecule has 2 aromatic rings. The molecule has 3 heterocycles. The van der Waals surface area contributed by atoms with E-state index in [1.54, 1.807) is 17.9 Å². The maximum atomic E-state index is 13.5. The number of anilines is 1. The highest BCUT2D eigenvalue weighted by Crippen LogP contribution is 2.46. The molecule has 0 spiro atoms. The first-order chi connectivity index (χ1) is 16.0. The number of halogens is 3. The molecule has 2 aliphatic rings. The van der Waals surface area contributed by atoms with E-state index in [-0.39, 0.29) is 29.3 Å². The number of rotatable bonds is 6. The number of sulfonamides is 1. The number of methoxy groups -OCH3 is 1. The van der Waals surface area contributed by atoms with Gasteiger partial charge in [0, 0.05) is 57.1 Å². The number of nitrogens with zero attached hydrogens (tertiary/aromatic N) is 5. The minimum atomic E-state index is -4.65. The quantitative estimate of drug-likeness (QED) is 0.610. The summed E-state index contributed by atoms with van der Waals surface area (Å²) in [6.45, 7) is 4.14. The molecule has 184 valence electrons. The highest BCUT2D eigenvalue weighted by molar-refractivity contribution is 7.89. The summed E-state index contributed by atoms with van der Waals surface area (Å²) in [7, 11) is -2.17. The Kier molecular flexibility index (Phi) is 6.39. The van der Waals surface area contributed by atoms with Crippen LogP contribution >= 0.6 is 0 Å². The number of ether oxygens (including phenoxy) is 1. The van der Waals surface area contributed by atoms with Gasteiger partial charge < -0.3 is 9.64 Å². The second-order valence-corrected chi connectivity index (χ2v) is 10.8. The summed E-state index contributed by atoms with van der Waals surface area (Å²) in [5, 5.41) is 13.2. The van der Waals surface area contributed by atoms with E-state index in [1.807, 2.05) is 11.8 Å². The van der Waals surface area contributed by atoms with E-state index in [1.165, 1.54) is 28.8 Å². The average molecular weight is 498 g/mol. The number of aromatic nitrogens is 2. The van der Waals surface area contributed by atoms with Crippen molar-refractivity contribution in [1.29, 1.82) is 5.26 Å². The summed E-state index contributed by atoms with van der Waals surface area (Å²) in [5.41, 5.74) is -1.43. The Hall–Kier alpha value is -2.62. The van der Waals surface area contributed by atoms with Crippen LogP contribution in [0, 0.1) is 22.7 Å². The van der Waals surface area contributed by atoms with Crippen LogP contribution in [0.3, 0.4) is 0 Å². The molecule has 0 radical (unpaired) electrons. The lowest BCUT2D eigenvalue weighted by Crippen LogP contribution is -2.50. The summed E-state index contributed by atoms with van der Waals surface area (Å²) in [4.78, 5) is 1.97. The SMILES string of the molecule is CCn1cc(S(=O)(=O)N2CCC3(COC)CN(c4ccc(C#N)c(C(F)(F)F)c4)CC3C2)cn1. The topological polar surface area (TPSA) is 91.5 Å². The molecule has 4 rings (SSSR count). The van der Waals surface area contributed by atoms with Crippen LogP contribution in [-0.4, -0.2) is 62.4 Å². The van der Waals surface area contributed by atoms with E-state index in [0.717, 1.165) is 6.07 Å². The highest BCUT2D eigenvalue weighted by atomic mass is 32.2. The molecule has 2 atom stereocenters. The van der Waals surface area contributed by atoms with Gasteiger partial charge in [-0.1, -0.05) is 0 Å². The first kappa shape index (κ1) is 24.5. The van der Waals surface area contributed by atoms with Crippen LogP contribution in [0.15, 0.2) is 35.5 Å². The minimum Gasteiger partial charge on any atom is -0.384 e. The third-order valence-electron chi connectivity index (χ3n) is 6.89. The van der Waals surface area contributed by atoms with E-state index >= 15 is 0 Å². The predicted octanol–water partition coefficient (Wildman–Crippen LogP) is 2.96. The van der Waals surface area contributed by atoms with Gasteiger partial charge in [-0.25, -0.2) is 8.42 Å². The zero-order chi connectivity index (χ0) is 24.7. The number of benzene rings is 1. The lowest BCUT2D eigenvalue weighted by molar-refractivity contribution is -0.137. The molecule has 2 aliphatic heterocycles. The molecule has 0 saturated carbocycles. The van der Waals surface area contributed by atoms with Gasteiger partial charge in [-0.3, -0.25) is 4.68 Å². The van der Waals surface area contributed by atoms with E-state index in [9.17, 15) is 21.6 Å². The molecule has 34 heavy (non-hydrogen) atoms. The molecule has 0 N–H and O–H groups in total. The first-order valence-corrected chi connectivity index (χ1v) is 12.4. The molecule has 2 saturated heterocycles. The number of nitriles is 1. The van der Waals surface area contributed by atoms with Gasteiger partial charge in [0.05, 0.1) is 30.0 Å². The van der Waals surface area contributed by atoms with Gasteiger partial charge in [0.15, 0.2) is 0 Å². The molecule has 1 aromatic carbocycles. The van der Waals surface area contributed by atoms with Crippen molar-refractivity contribution in [3.8, 4) is 6.07 Å². The molecule has 0 aliphatic carbocycles. The van der Waals surface area contributed by atoms with Crippen molar-refractivity contribution < 1.29 is 26.3 Å². The van der Waals surface area contributed by atoms with Gasteiger partial charge in [0.2, 0.25) is 10.0 Å². The van der Waals surface area contributed by atoms with Gasteiger partial charge in [-0.2, -0.15) is 27.8 Å². The fraction of sp³-hybridized carbons (Fsp3) is 0.545. The second kappa shape index (κ2) is 8.87. The smallest absolute Gasteiger partial charge is 0.384 e. The zero-order valence-electron chi connectivity index (χ0n) is 18.9. The third kappa shape index (κ3) is 4.28. The molecular weight excluding hydrogens is 471 g/mol. The Bertz CT molecular complexity index is 1210. The third-order valence-corrected chi connectivity index (χ3v) is 8.71. The van der Waals surface area contributed by atoms with Crippen molar-refractivity contribution in [3.05, 3.63) is 41.7 Å². The van der Waals surface area contributed by atoms with Gasteiger partial charge in [0.25, 0.3) is 0 Å². The Morgan fingerprint density at radius 1 is 1.32 bits per heavy atom. The van der Waals surface area contributed by atoms with Crippen molar-refractivity contribution in [3.63, 3.8) is 0 Å². The number of hydrogen-bond donors (Lipinski definition) is 0. The summed E-state index contributed by atoms with van der Waals surface area (Å²) in [5.74, 6) is -0.137. The van der Waals surface area contributed by atoms with Gasteiger partial charge in [-0.15, -0.1) is 0 Å². The maximum Gasteiger partial charge on any atom is 0.417 e. The molecule has 2 fully saturated rings. The van der Waals surface area contributed by atoms with Crippen molar-refractivity contribution >= 4 is 15.7 Å². The van der Waals surface area contributed by atoms with Crippen LogP contribution in [-0.2, 0) is 27.5 Å². The number of aryl methyl sites for hydroxylation is 1. The predicted molar refractivity (Wildman–Crippen MR) is 117 cm³/mol. The number of fused-ring (bicyclic) bond motifs is 1. The molecule has 12 heteroatoms. The first-order valence-electron chi connectivity index (χ1n) is 10.9. The van der Waals surface area contributed by atoms with Gasteiger partial charge in [-0.05, 0) is 37.5 Å². The standard InChI is InChI=1S/C22H26F3N5O3S/c1-3-29-13-19(10-27-29)34(31,32)30-7-6-21(15-33-2)14-28(11-17(21)12-30)18-5-4-16(9-26)20(8-18)22(23,24)25/h4-5,8,10,13,17H,3,6-7,11-12,14-15H2,1-2H3. The van der Waals surface area contributed by atoms with Crippen LogP contribution in [0.5, 0.6) is 0 Å². The fourth-order valence-electron chi connectivity index (χ4n) is 5.05. The molecule has 1 aromatic heterocycles. The fourth-order valence-corrected chi connectivity index (χ4v) is 6.49. The summed E-state index contributed by atoms with van der Waals surface area (Å²) >= 11 is 0. The number of alkyl halides is 3.